The third kappa shape index (κ3) is 5.50. The molecule has 1 aromatic rings. The van der Waals surface area contributed by atoms with Gasteiger partial charge in [-0.3, -0.25) is 0 Å². The van der Waals surface area contributed by atoms with Crippen LogP contribution in [0, 0.1) is 5.82 Å². The van der Waals surface area contributed by atoms with E-state index in [0.717, 1.165) is 19.4 Å². The maximum absolute atomic E-state index is 13.9. The number of hydrogen-bond donors (Lipinski definition) is 1. The van der Waals surface area contributed by atoms with Gasteiger partial charge in [0, 0.05) is 16.6 Å². The first-order chi connectivity index (χ1) is 9.20. The van der Waals surface area contributed by atoms with Gasteiger partial charge in [0.25, 0.3) is 0 Å². The summed E-state index contributed by atoms with van der Waals surface area (Å²) in [6.07, 6.45) is 7.06. The van der Waals surface area contributed by atoms with E-state index in [0.29, 0.717) is 10.6 Å². The first-order valence-corrected chi connectivity index (χ1v) is 7.75. The van der Waals surface area contributed by atoms with Gasteiger partial charge in [-0.25, -0.2) is 4.39 Å². The SMILES string of the molecule is CCCCCCCC(NCC)c1c(F)cccc1Cl. The third-order valence-corrected chi connectivity index (χ3v) is 3.72. The van der Waals surface area contributed by atoms with E-state index in [4.69, 9.17) is 11.6 Å². The molecule has 0 bridgehead atoms. The Kier molecular flexibility index (Phi) is 8.08. The lowest BCUT2D eigenvalue weighted by Crippen LogP contribution is -2.22. The largest absolute Gasteiger partial charge is 0.310 e. The fourth-order valence-electron chi connectivity index (χ4n) is 2.39. The van der Waals surface area contributed by atoms with Crippen LogP contribution in [0.25, 0.3) is 0 Å². The summed E-state index contributed by atoms with van der Waals surface area (Å²) in [7, 11) is 0. The molecule has 0 saturated heterocycles. The van der Waals surface area contributed by atoms with Gasteiger partial charge in [-0.15, -0.1) is 0 Å². The van der Waals surface area contributed by atoms with Gasteiger partial charge in [-0.05, 0) is 25.1 Å². The third-order valence-electron chi connectivity index (χ3n) is 3.40. The topological polar surface area (TPSA) is 12.0 Å². The molecule has 1 unspecified atom stereocenters. The minimum absolute atomic E-state index is 0.0281. The molecule has 0 aromatic heterocycles. The fraction of sp³-hybridized carbons (Fsp3) is 0.625. The first kappa shape index (κ1) is 16.5. The predicted octanol–water partition coefficient (Wildman–Crippen LogP) is 5.49. The lowest BCUT2D eigenvalue weighted by Gasteiger charge is -2.20. The second kappa shape index (κ2) is 9.33. The molecule has 0 spiro atoms. The van der Waals surface area contributed by atoms with E-state index in [1.165, 1.54) is 31.7 Å². The number of halogens is 2. The molecule has 1 N–H and O–H groups in total. The van der Waals surface area contributed by atoms with Crippen molar-refractivity contribution in [2.75, 3.05) is 6.54 Å². The monoisotopic (exact) mass is 285 g/mol. The summed E-state index contributed by atoms with van der Waals surface area (Å²) in [4.78, 5) is 0. The highest BCUT2D eigenvalue weighted by atomic mass is 35.5. The highest BCUT2D eigenvalue weighted by Crippen LogP contribution is 2.29. The molecule has 1 nitrogen and oxygen atoms in total. The van der Waals surface area contributed by atoms with Crippen LogP contribution in [-0.2, 0) is 0 Å². The highest BCUT2D eigenvalue weighted by molar-refractivity contribution is 6.31. The molecule has 1 atom stereocenters. The van der Waals surface area contributed by atoms with Crippen LogP contribution in [0.15, 0.2) is 18.2 Å². The van der Waals surface area contributed by atoms with Crippen molar-refractivity contribution in [3.63, 3.8) is 0 Å². The van der Waals surface area contributed by atoms with Gasteiger partial charge >= 0.3 is 0 Å². The molecule has 0 aliphatic heterocycles. The van der Waals surface area contributed by atoms with E-state index in [1.54, 1.807) is 12.1 Å². The van der Waals surface area contributed by atoms with E-state index in [1.807, 2.05) is 6.92 Å². The molecule has 0 saturated carbocycles. The number of unbranched alkanes of at least 4 members (excludes halogenated alkanes) is 4. The summed E-state index contributed by atoms with van der Waals surface area (Å²) in [5.74, 6) is -0.202. The van der Waals surface area contributed by atoms with Crippen molar-refractivity contribution in [1.82, 2.24) is 5.32 Å². The summed E-state index contributed by atoms with van der Waals surface area (Å²) in [6, 6.07) is 4.94. The summed E-state index contributed by atoms with van der Waals surface area (Å²) in [6.45, 7) is 5.07. The molecule has 0 amide bonds. The fourth-order valence-corrected chi connectivity index (χ4v) is 2.69. The lowest BCUT2D eigenvalue weighted by molar-refractivity contribution is 0.459. The predicted molar refractivity (Wildman–Crippen MR) is 81.2 cm³/mol. The summed E-state index contributed by atoms with van der Waals surface area (Å²) in [5, 5.41) is 3.87. The van der Waals surface area contributed by atoms with Crippen molar-refractivity contribution >= 4 is 11.6 Å². The van der Waals surface area contributed by atoms with Crippen LogP contribution < -0.4 is 5.32 Å². The van der Waals surface area contributed by atoms with Crippen molar-refractivity contribution in [2.24, 2.45) is 0 Å². The summed E-state index contributed by atoms with van der Waals surface area (Å²) < 4.78 is 13.9. The Morgan fingerprint density at radius 3 is 2.53 bits per heavy atom. The van der Waals surface area contributed by atoms with Crippen LogP contribution in [0.4, 0.5) is 4.39 Å². The Hall–Kier alpha value is -0.600. The average Bonchev–Trinajstić information content (AvgIpc) is 2.38. The smallest absolute Gasteiger partial charge is 0.129 e. The minimum atomic E-state index is -0.202. The molecule has 1 aromatic carbocycles. The maximum Gasteiger partial charge on any atom is 0.129 e. The highest BCUT2D eigenvalue weighted by Gasteiger charge is 2.17. The second-order valence-electron chi connectivity index (χ2n) is 4.95. The van der Waals surface area contributed by atoms with Gasteiger partial charge in [0.15, 0.2) is 0 Å². The van der Waals surface area contributed by atoms with E-state index in [9.17, 15) is 4.39 Å². The molecule has 0 radical (unpaired) electrons. The standard InChI is InChI=1S/C16H25ClFN/c1-3-5-6-7-8-12-15(19-4-2)16-13(17)10-9-11-14(16)18/h9-11,15,19H,3-8,12H2,1-2H3. The lowest BCUT2D eigenvalue weighted by atomic mass is 9.99. The van der Waals surface area contributed by atoms with Crippen LogP contribution in [0.5, 0.6) is 0 Å². The first-order valence-electron chi connectivity index (χ1n) is 7.38. The Bertz CT molecular complexity index is 348. The van der Waals surface area contributed by atoms with Crippen molar-refractivity contribution in [3.05, 3.63) is 34.6 Å². The second-order valence-corrected chi connectivity index (χ2v) is 5.36. The molecule has 0 aliphatic carbocycles. The van der Waals surface area contributed by atoms with Crippen LogP contribution in [0.1, 0.15) is 64.0 Å². The van der Waals surface area contributed by atoms with Crippen molar-refractivity contribution in [2.45, 2.75) is 58.4 Å². The molecule has 0 aliphatic rings. The quantitative estimate of drug-likeness (QED) is 0.592. The van der Waals surface area contributed by atoms with Crippen LogP contribution >= 0.6 is 11.6 Å². The summed E-state index contributed by atoms with van der Waals surface area (Å²) >= 11 is 6.14. The van der Waals surface area contributed by atoms with Gasteiger partial charge < -0.3 is 5.32 Å². The van der Waals surface area contributed by atoms with Gasteiger partial charge in [0.05, 0.1) is 0 Å². The Balaban J connectivity index is 2.61. The molecular weight excluding hydrogens is 261 g/mol. The molecule has 1 rings (SSSR count). The zero-order valence-electron chi connectivity index (χ0n) is 12.0. The molecule has 0 heterocycles. The number of nitrogens with one attached hydrogen (secondary N) is 1. The number of hydrogen-bond acceptors (Lipinski definition) is 1. The molecule has 108 valence electrons. The Morgan fingerprint density at radius 2 is 1.89 bits per heavy atom. The molecule has 19 heavy (non-hydrogen) atoms. The van der Waals surface area contributed by atoms with E-state index >= 15 is 0 Å². The Labute approximate surface area is 121 Å². The zero-order chi connectivity index (χ0) is 14.1. The van der Waals surface area contributed by atoms with Crippen LogP contribution in [0.2, 0.25) is 5.02 Å². The number of rotatable bonds is 9. The maximum atomic E-state index is 13.9. The van der Waals surface area contributed by atoms with Crippen molar-refractivity contribution in [3.8, 4) is 0 Å². The average molecular weight is 286 g/mol. The minimum Gasteiger partial charge on any atom is -0.310 e. The van der Waals surface area contributed by atoms with Gasteiger partial charge in [-0.2, -0.15) is 0 Å². The van der Waals surface area contributed by atoms with Crippen LogP contribution in [0.3, 0.4) is 0 Å². The van der Waals surface area contributed by atoms with Crippen LogP contribution in [-0.4, -0.2) is 6.54 Å². The van der Waals surface area contributed by atoms with E-state index in [2.05, 4.69) is 12.2 Å². The Morgan fingerprint density at radius 1 is 1.16 bits per heavy atom. The van der Waals surface area contributed by atoms with E-state index < -0.39 is 0 Å². The van der Waals surface area contributed by atoms with Gasteiger partial charge in [0.2, 0.25) is 0 Å². The van der Waals surface area contributed by atoms with Crippen molar-refractivity contribution < 1.29 is 4.39 Å². The molecule has 3 heteroatoms. The van der Waals surface area contributed by atoms with Gasteiger partial charge in [-0.1, -0.05) is 63.6 Å². The molecular formula is C16H25ClFN. The zero-order valence-corrected chi connectivity index (χ0v) is 12.8. The van der Waals surface area contributed by atoms with E-state index in [-0.39, 0.29) is 11.9 Å². The molecule has 0 fully saturated rings. The summed E-state index contributed by atoms with van der Waals surface area (Å²) in [5.41, 5.74) is 0.626. The number of benzene rings is 1. The normalized spacial score (nSPS) is 12.6. The van der Waals surface area contributed by atoms with Gasteiger partial charge in [0.1, 0.15) is 5.82 Å². The van der Waals surface area contributed by atoms with Crippen molar-refractivity contribution in [1.29, 1.82) is 0 Å².